The topological polar surface area (TPSA) is 44.8 Å². The number of ether oxygens (including phenoxy) is 1. The van der Waals surface area contributed by atoms with Gasteiger partial charge in [-0.25, -0.2) is 7.91 Å². The van der Waals surface area contributed by atoms with E-state index in [1.807, 2.05) is 25.7 Å². The van der Waals surface area contributed by atoms with Crippen LogP contribution in [0.2, 0.25) is 0 Å². The second kappa shape index (κ2) is 7.07. The number of amides is 1. The van der Waals surface area contributed by atoms with Crippen molar-refractivity contribution in [3.63, 3.8) is 0 Å². The van der Waals surface area contributed by atoms with Crippen LogP contribution in [0, 0.1) is 0 Å². The van der Waals surface area contributed by atoms with E-state index in [9.17, 15) is 4.79 Å². The summed E-state index contributed by atoms with van der Waals surface area (Å²) in [6.07, 6.45) is 1.71. The third-order valence-corrected chi connectivity index (χ3v) is 5.09. The van der Waals surface area contributed by atoms with Crippen molar-refractivity contribution in [2.75, 3.05) is 18.4 Å². The maximum absolute atomic E-state index is 12.1. The molecular formula is C18H26IN3O2. The molecule has 2 aliphatic rings. The number of nitrogens with zero attached hydrogens (tertiary/aromatic N) is 2. The maximum Gasteiger partial charge on any atom is 0.410 e. The van der Waals surface area contributed by atoms with Crippen LogP contribution in [0.5, 0.6) is 0 Å². The van der Waals surface area contributed by atoms with E-state index in [1.54, 1.807) is 0 Å². The van der Waals surface area contributed by atoms with Gasteiger partial charge in [-0.15, -0.1) is 0 Å². The fraction of sp³-hybridized carbons (Fsp3) is 0.611. The first-order valence-electron chi connectivity index (χ1n) is 8.57. The van der Waals surface area contributed by atoms with Crippen LogP contribution in [0.15, 0.2) is 18.2 Å². The first-order valence-corrected chi connectivity index (χ1v) is 9.54. The summed E-state index contributed by atoms with van der Waals surface area (Å²) in [4.78, 5) is 13.9. The molecule has 1 aromatic rings. The number of hydrogen-bond acceptors (Lipinski definition) is 4. The van der Waals surface area contributed by atoms with Gasteiger partial charge in [-0.05, 0) is 56.9 Å². The third kappa shape index (κ3) is 4.53. The Morgan fingerprint density at radius 3 is 2.54 bits per heavy atom. The van der Waals surface area contributed by atoms with Gasteiger partial charge in [0.1, 0.15) is 5.60 Å². The van der Waals surface area contributed by atoms with Crippen LogP contribution in [0.1, 0.15) is 44.7 Å². The van der Waals surface area contributed by atoms with Crippen LogP contribution < -0.4 is 5.32 Å². The quantitative estimate of drug-likeness (QED) is 0.551. The number of rotatable bonds is 2. The minimum Gasteiger partial charge on any atom is -0.444 e. The molecule has 0 bridgehead atoms. The summed E-state index contributed by atoms with van der Waals surface area (Å²) < 4.78 is 7.75. The standard InChI is InChI=1S/C18H26IN3O2/c1-18(2,3)24-17(23)21-8-6-15(7-9-21)20-16-5-4-13-11-22(19)12-14(13)10-16/h4-5,10,15,20H,6-9,11-12H2,1-3H3. The molecule has 5 nitrogen and oxygen atoms in total. The number of halogens is 1. The summed E-state index contributed by atoms with van der Waals surface area (Å²) in [5, 5.41) is 3.63. The normalized spacial score (nSPS) is 19.2. The lowest BCUT2D eigenvalue weighted by Crippen LogP contribution is -2.44. The van der Waals surface area contributed by atoms with Crippen molar-refractivity contribution in [1.29, 1.82) is 0 Å². The van der Waals surface area contributed by atoms with E-state index in [2.05, 4.69) is 49.5 Å². The SMILES string of the molecule is CC(C)(C)OC(=O)N1CCC(Nc2ccc3c(c2)CN(I)C3)CC1. The number of carbonyl (C=O) groups excluding carboxylic acids is 1. The molecule has 6 heteroatoms. The first-order chi connectivity index (χ1) is 11.3. The summed E-state index contributed by atoms with van der Waals surface area (Å²) in [5.74, 6) is 0. The Kier molecular flexibility index (Phi) is 5.24. The molecule has 0 saturated carbocycles. The molecule has 2 heterocycles. The smallest absolute Gasteiger partial charge is 0.410 e. The lowest BCUT2D eigenvalue weighted by atomic mass is 10.0. The monoisotopic (exact) mass is 443 g/mol. The molecular weight excluding hydrogens is 417 g/mol. The molecule has 1 amide bonds. The lowest BCUT2D eigenvalue weighted by molar-refractivity contribution is 0.0210. The summed E-state index contributed by atoms with van der Waals surface area (Å²) in [5.41, 5.74) is 3.61. The number of piperidine rings is 1. The minimum atomic E-state index is -0.427. The Morgan fingerprint density at radius 2 is 1.88 bits per heavy atom. The van der Waals surface area contributed by atoms with E-state index in [-0.39, 0.29) is 6.09 Å². The third-order valence-electron chi connectivity index (χ3n) is 4.41. The van der Waals surface area contributed by atoms with Crippen LogP contribution >= 0.6 is 22.9 Å². The zero-order valence-electron chi connectivity index (χ0n) is 14.6. The van der Waals surface area contributed by atoms with Crippen LogP contribution in [0.3, 0.4) is 0 Å². The fourth-order valence-corrected chi connectivity index (χ4v) is 3.95. The molecule has 1 N–H and O–H groups in total. The van der Waals surface area contributed by atoms with Crippen molar-refractivity contribution < 1.29 is 9.53 Å². The van der Waals surface area contributed by atoms with Gasteiger partial charge in [-0.2, -0.15) is 0 Å². The minimum absolute atomic E-state index is 0.194. The summed E-state index contributed by atoms with van der Waals surface area (Å²) in [6.45, 7) is 9.27. The predicted octanol–water partition coefficient (Wildman–Crippen LogP) is 4.16. The number of carbonyl (C=O) groups is 1. The van der Waals surface area contributed by atoms with E-state index in [0.717, 1.165) is 39.0 Å². The van der Waals surface area contributed by atoms with E-state index in [1.165, 1.54) is 16.8 Å². The molecule has 24 heavy (non-hydrogen) atoms. The van der Waals surface area contributed by atoms with Crippen molar-refractivity contribution in [3.05, 3.63) is 29.3 Å². The second-order valence-electron chi connectivity index (χ2n) is 7.65. The van der Waals surface area contributed by atoms with Crippen molar-refractivity contribution in [2.24, 2.45) is 0 Å². The van der Waals surface area contributed by atoms with Crippen LogP contribution in [0.4, 0.5) is 10.5 Å². The number of nitrogens with one attached hydrogen (secondary N) is 1. The summed E-state index contributed by atoms with van der Waals surface area (Å²) in [7, 11) is 0. The van der Waals surface area contributed by atoms with Gasteiger partial charge < -0.3 is 15.0 Å². The van der Waals surface area contributed by atoms with Crippen molar-refractivity contribution in [1.82, 2.24) is 8.01 Å². The van der Waals surface area contributed by atoms with Gasteiger partial charge in [0.25, 0.3) is 0 Å². The first kappa shape index (κ1) is 17.8. The van der Waals surface area contributed by atoms with Gasteiger partial charge in [0, 0.05) is 60.8 Å². The second-order valence-corrected chi connectivity index (χ2v) is 9.01. The van der Waals surface area contributed by atoms with Gasteiger partial charge in [0.05, 0.1) is 0 Å². The summed E-state index contributed by atoms with van der Waals surface area (Å²) >= 11 is 2.38. The van der Waals surface area contributed by atoms with E-state index < -0.39 is 5.60 Å². The Balaban J connectivity index is 1.51. The highest BCUT2D eigenvalue weighted by molar-refractivity contribution is 14.1. The average molecular weight is 443 g/mol. The van der Waals surface area contributed by atoms with Crippen molar-refractivity contribution >= 4 is 34.6 Å². The lowest BCUT2D eigenvalue weighted by Gasteiger charge is -2.34. The Hall–Kier alpha value is -1.02. The molecule has 0 atom stereocenters. The molecule has 0 spiro atoms. The fourth-order valence-electron chi connectivity index (χ4n) is 3.21. The largest absolute Gasteiger partial charge is 0.444 e. The van der Waals surface area contributed by atoms with Crippen molar-refractivity contribution in [2.45, 2.75) is 58.3 Å². The summed E-state index contributed by atoms with van der Waals surface area (Å²) in [6, 6.07) is 7.09. The predicted molar refractivity (Wildman–Crippen MR) is 104 cm³/mol. The average Bonchev–Trinajstić information content (AvgIpc) is 2.85. The molecule has 3 rings (SSSR count). The zero-order chi connectivity index (χ0) is 17.3. The van der Waals surface area contributed by atoms with Gasteiger partial charge in [0.15, 0.2) is 0 Å². The molecule has 0 aliphatic carbocycles. The van der Waals surface area contributed by atoms with Gasteiger partial charge >= 0.3 is 6.09 Å². The molecule has 132 valence electrons. The molecule has 0 radical (unpaired) electrons. The molecule has 1 saturated heterocycles. The number of benzene rings is 1. The highest BCUT2D eigenvalue weighted by atomic mass is 127. The zero-order valence-corrected chi connectivity index (χ0v) is 16.8. The van der Waals surface area contributed by atoms with Crippen LogP contribution in [0.25, 0.3) is 0 Å². The van der Waals surface area contributed by atoms with Gasteiger partial charge in [-0.1, -0.05) is 6.07 Å². The van der Waals surface area contributed by atoms with Crippen LogP contribution in [-0.2, 0) is 17.8 Å². The van der Waals surface area contributed by atoms with Gasteiger partial charge in [0.2, 0.25) is 0 Å². The van der Waals surface area contributed by atoms with Gasteiger partial charge in [-0.3, -0.25) is 0 Å². The Labute approximate surface area is 158 Å². The highest BCUT2D eigenvalue weighted by Crippen LogP contribution is 2.28. The number of fused-ring (bicyclic) bond motifs is 1. The molecule has 1 fully saturated rings. The maximum atomic E-state index is 12.1. The number of likely N-dealkylation sites (tertiary alicyclic amines) is 1. The van der Waals surface area contributed by atoms with E-state index in [0.29, 0.717) is 6.04 Å². The van der Waals surface area contributed by atoms with E-state index in [4.69, 9.17) is 4.74 Å². The number of anilines is 1. The van der Waals surface area contributed by atoms with Crippen LogP contribution in [-0.4, -0.2) is 38.8 Å². The molecule has 1 aromatic carbocycles. The Bertz CT molecular complexity index is 607. The van der Waals surface area contributed by atoms with E-state index >= 15 is 0 Å². The Morgan fingerprint density at radius 1 is 1.21 bits per heavy atom. The highest BCUT2D eigenvalue weighted by Gasteiger charge is 2.27. The van der Waals surface area contributed by atoms with Crippen molar-refractivity contribution in [3.8, 4) is 0 Å². The molecule has 0 unspecified atom stereocenters. The molecule has 2 aliphatic heterocycles. The molecule has 0 aromatic heterocycles. The number of hydrogen-bond donors (Lipinski definition) is 1.